The maximum Gasteiger partial charge on any atom is 0.412 e. The van der Waals surface area contributed by atoms with Crippen molar-refractivity contribution in [2.45, 2.75) is 44.3 Å². The summed E-state index contributed by atoms with van der Waals surface area (Å²) in [4.78, 5) is 41.1. The van der Waals surface area contributed by atoms with Crippen molar-refractivity contribution in [3.63, 3.8) is 0 Å². The molecule has 2 aliphatic heterocycles. The molecule has 2 aliphatic rings. The molecule has 28 heavy (non-hydrogen) atoms. The van der Waals surface area contributed by atoms with Gasteiger partial charge in [0.15, 0.2) is 12.0 Å². The molecule has 2 fully saturated rings. The highest BCUT2D eigenvalue weighted by molar-refractivity contribution is 14.1. The summed E-state index contributed by atoms with van der Waals surface area (Å²) >= 11 is 1.87. The number of hydrogen-bond donors (Lipinski definition) is 3. The number of aliphatic hydroxyl groups is 2. The van der Waals surface area contributed by atoms with Crippen LogP contribution in [0.15, 0.2) is 11.0 Å². The van der Waals surface area contributed by atoms with Crippen molar-refractivity contribution in [1.29, 1.82) is 0 Å². The van der Waals surface area contributed by atoms with E-state index in [1.165, 1.54) is 6.20 Å². The van der Waals surface area contributed by atoms with Crippen LogP contribution in [-0.2, 0) is 14.3 Å². The van der Waals surface area contributed by atoms with Gasteiger partial charge in [0.2, 0.25) is 5.91 Å². The number of carbonyl (C=O) groups is 2. The highest BCUT2D eigenvalue weighted by Crippen LogP contribution is 2.28. The zero-order valence-electron chi connectivity index (χ0n) is 15.1. The number of aliphatic hydroxyl groups excluding tert-OH is 2. The van der Waals surface area contributed by atoms with Crippen LogP contribution in [0.2, 0.25) is 0 Å². The summed E-state index contributed by atoms with van der Waals surface area (Å²) in [7, 11) is 0. The third kappa shape index (κ3) is 4.45. The second kappa shape index (κ2) is 8.71. The number of ether oxygens (including phenoxy) is 2. The molecule has 0 bridgehead atoms. The molecule has 0 aromatic carbocycles. The highest BCUT2D eigenvalue weighted by Gasteiger charge is 2.42. The van der Waals surface area contributed by atoms with Crippen molar-refractivity contribution in [2.75, 3.05) is 25.0 Å². The van der Waals surface area contributed by atoms with Crippen molar-refractivity contribution in [2.24, 2.45) is 0 Å². The van der Waals surface area contributed by atoms with E-state index in [1.54, 1.807) is 11.8 Å². The summed E-state index contributed by atoms with van der Waals surface area (Å²) < 4.78 is 11.9. The topological polar surface area (TPSA) is 143 Å². The van der Waals surface area contributed by atoms with Gasteiger partial charge in [0, 0.05) is 19.2 Å². The van der Waals surface area contributed by atoms with Crippen molar-refractivity contribution in [1.82, 2.24) is 14.5 Å². The van der Waals surface area contributed by atoms with E-state index < -0.39 is 36.3 Å². The number of amides is 2. The second-order valence-corrected chi connectivity index (χ2v) is 7.75. The average molecular weight is 508 g/mol. The van der Waals surface area contributed by atoms with Gasteiger partial charge < -0.3 is 24.6 Å². The molecular formula is C16H21IN4O7. The predicted molar refractivity (Wildman–Crippen MR) is 104 cm³/mol. The lowest BCUT2D eigenvalue weighted by molar-refractivity contribution is -0.128. The van der Waals surface area contributed by atoms with Crippen LogP contribution in [0.25, 0.3) is 0 Å². The van der Waals surface area contributed by atoms with Crippen LogP contribution in [0.5, 0.6) is 0 Å². The number of hydrogen-bond acceptors (Lipinski definition) is 8. The molecule has 0 aliphatic carbocycles. The van der Waals surface area contributed by atoms with E-state index in [4.69, 9.17) is 9.47 Å². The Morgan fingerprint density at radius 2 is 2.18 bits per heavy atom. The average Bonchev–Trinajstić information content (AvgIpc) is 3.16. The molecule has 3 heterocycles. The zero-order valence-corrected chi connectivity index (χ0v) is 17.2. The van der Waals surface area contributed by atoms with Crippen LogP contribution in [0.3, 0.4) is 0 Å². The monoisotopic (exact) mass is 508 g/mol. The first-order valence-electron chi connectivity index (χ1n) is 8.79. The Morgan fingerprint density at radius 1 is 1.43 bits per heavy atom. The number of nitrogens with one attached hydrogen (secondary N) is 1. The van der Waals surface area contributed by atoms with Crippen LogP contribution < -0.4 is 11.0 Å². The minimum atomic E-state index is -1.28. The Balaban J connectivity index is 1.60. The molecule has 4 atom stereocenters. The third-order valence-electron chi connectivity index (χ3n) is 4.64. The Hall–Kier alpha value is -1.77. The van der Waals surface area contributed by atoms with Gasteiger partial charge in [0.25, 0.3) is 0 Å². The van der Waals surface area contributed by atoms with Crippen LogP contribution >= 0.6 is 22.6 Å². The highest BCUT2D eigenvalue weighted by atomic mass is 127. The fourth-order valence-corrected chi connectivity index (χ4v) is 3.65. The van der Waals surface area contributed by atoms with Crippen molar-refractivity contribution < 1.29 is 29.3 Å². The first-order chi connectivity index (χ1) is 13.3. The summed E-state index contributed by atoms with van der Waals surface area (Å²) in [5.74, 6) is 0.0461. The summed E-state index contributed by atoms with van der Waals surface area (Å²) in [5, 5.41) is 22.2. The Bertz CT molecular complexity index is 817. The molecule has 154 valence electrons. The first kappa shape index (κ1) is 21.0. The van der Waals surface area contributed by atoms with Crippen LogP contribution in [0, 0.1) is 3.57 Å². The molecule has 2 amide bonds. The maximum absolute atomic E-state index is 12.3. The minimum absolute atomic E-state index is 0.00480. The van der Waals surface area contributed by atoms with Gasteiger partial charge in [-0.2, -0.15) is 4.98 Å². The Morgan fingerprint density at radius 3 is 2.79 bits per heavy atom. The quantitative estimate of drug-likeness (QED) is 0.459. The lowest BCUT2D eigenvalue weighted by atomic mass is 10.1. The molecule has 2 unspecified atom stereocenters. The summed E-state index contributed by atoms with van der Waals surface area (Å²) in [5.41, 5.74) is -0.760. The fourth-order valence-electron chi connectivity index (χ4n) is 3.09. The second-order valence-electron chi connectivity index (χ2n) is 6.59. The van der Waals surface area contributed by atoms with E-state index in [0.717, 1.165) is 11.0 Å². The van der Waals surface area contributed by atoms with E-state index in [9.17, 15) is 24.6 Å². The first-order valence-corrected chi connectivity index (χ1v) is 9.87. The largest absolute Gasteiger partial charge is 0.447 e. The number of anilines is 1. The molecule has 0 spiro atoms. The number of likely N-dealkylation sites (tertiary alicyclic amines) is 1. The molecule has 3 N–H and O–H groups in total. The molecule has 12 heteroatoms. The molecule has 2 saturated heterocycles. The van der Waals surface area contributed by atoms with Gasteiger partial charge in [-0.15, -0.1) is 0 Å². The SMILES string of the molecule is C[C@H]1O[C@@H](n2cc(I)c(NC(=O)OCCN3CCCC3=O)nc2=O)C(O)C1O. The van der Waals surface area contributed by atoms with Gasteiger partial charge in [-0.05, 0) is 35.9 Å². The number of nitrogens with zero attached hydrogens (tertiary/aromatic N) is 3. The maximum atomic E-state index is 12.3. The van der Waals surface area contributed by atoms with E-state index in [0.29, 0.717) is 23.1 Å². The lowest BCUT2D eigenvalue weighted by Crippen LogP contribution is -2.36. The zero-order chi connectivity index (χ0) is 20.4. The van der Waals surface area contributed by atoms with Gasteiger partial charge in [0.05, 0.1) is 16.2 Å². The minimum Gasteiger partial charge on any atom is -0.447 e. The van der Waals surface area contributed by atoms with Gasteiger partial charge in [-0.3, -0.25) is 14.7 Å². The van der Waals surface area contributed by atoms with E-state index >= 15 is 0 Å². The van der Waals surface area contributed by atoms with Crippen molar-refractivity contribution in [3.05, 3.63) is 20.3 Å². The molecule has 1 aromatic heterocycles. The standard InChI is InChI=1S/C16H21IN4O7/c1-8-11(23)12(24)14(28-8)21-7-9(17)13(18-15(21)25)19-16(26)27-6-5-20-4-2-3-10(20)22/h7-8,11-12,14,23-24H,2-6H2,1H3,(H,18,19,25,26)/t8-,11?,12?,14-/m1/s1. The molecule has 0 saturated carbocycles. The molecule has 11 nitrogen and oxygen atoms in total. The number of carbonyl (C=O) groups excluding carboxylic acids is 2. The third-order valence-corrected chi connectivity index (χ3v) is 5.43. The molecule has 1 aromatic rings. The van der Waals surface area contributed by atoms with E-state index in [-0.39, 0.29) is 18.3 Å². The van der Waals surface area contributed by atoms with Crippen molar-refractivity contribution in [3.8, 4) is 0 Å². The molecule has 3 rings (SSSR count). The number of aromatic nitrogens is 2. The lowest BCUT2D eigenvalue weighted by Gasteiger charge is -2.18. The smallest absolute Gasteiger partial charge is 0.412 e. The summed E-state index contributed by atoms with van der Waals surface area (Å²) in [6, 6.07) is 0. The van der Waals surface area contributed by atoms with Gasteiger partial charge in [0.1, 0.15) is 18.8 Å². The van der Waals surface area contributed by atoms with Crippen molar-refractivity contribution >= 4 is 40.4 Å². The van der Waals surface area contributed by atoms with Crippen LogP contribution in [-0.4, -0.2) is 74.7 Å². The molecular weight excluding hydrogens is 487 g/mol. The number of rotatable bonds is 5. The Labute approximate surface area is 173 Å². The Kier molecular flexibility index (Phi) is 6.52. The van der Waals surface area contributed by atoms with E-state index in [2.05, 4.69) is 10.3 Å². The predicted octanol–water partition coefficient (Wildman–Crippen LogP) is -0.342. The molecule has 0 radical (unpaired) electrons. The summed E-state index contributed by atoms with van der Waals surface area (Å²) in [6.07, 6.45) is -2.22. The van der Waals surface area contributed by atoms with Gasteiger partial charge in [-0.1, -0.05) is 0 Å². The van der Waals surface area contributed by atoms with E-state index in [1.807, 2.05) is 22.6 Å². The van der Waals surface area contributed by atoms with Gasteiger partial charge >= 0.3 is 11.8 Å². The van der Waals surface area contributed by atoms with Gasteiger partial charge in [-0.25, -0.2) is 9.59 Å². The van der Waals surface area contributed by atoms with Crippen LogP contribution in [0.4, 0.5) is 10.6 Å². The summed E-state index contributed by atoms with van der Waals surface area (Å²) in [6.45, 7) is 2.59. The van der Waals surface area contributed by atoms with Crippen LogP contribution in [0.1, 0.15) is 26.0 Å². The fraction of sp³-hybridized carbons (Fsp3) is 0.625. The normalized spacial score (nSPS) is 27.3. The number of halogens is 1.